The summed E-state index contributed by atoms with van der Waals surface area (Å²) in [6.45, 7) is 4.15. The highest BCUT2D eigenvalue weighted by Gasteiger charge is 2.22. The SMILES string of the molecule is CCC(CC)Oc1ccccc1N(C(N)=O)c1nccs1. The van der Waals surface area contributed by atoms with Crippen LogP contribution in [-0.2, 0) is 0 Å². The van der Waals surface area contributed by atoms with Gasteiger partial charge in [0.15, 0.2) is 5.13 Å². The predicted molar refractivity (Wildman–Crippen MR) is 85.3 cm³/mol. The van der Waals surface area contributed by atoms with Crippen LogP contribution in [-0.4, -0.2) is 17.1 Å². The molecule has 0 aliphatic carbocycles. The van der Waals surface area contributed by atoms with Crippen LogP contribution in [0.15, 0.2) is 35.8 Å². The molecule has 0 saturated heterocycles. The number of benzene rings is 1. The Morgan fingerprint density at radius 2 is 2.10 bits per heavy atom. The second-order valence-corrected chi connectivity index (χ2v) is 5.39. The van der Waals surface area contributed by atoms with Gasteiger partial charge in [0, 0.05) is 11.6 Å². The zero-order chi connectivity index (χ0) is 15.2. The van der Waals surface area contributed by atoms with Crippen LogP contribution >= 0.6 is 11.3 Å². The Morgan fingerprint density at radius 1 is 1.38 bits per heavy atom. The van der Waals surface area contributed by atoms with Crippen LogP contribution in [0.25, 0.3) is 0 Å². The van der Waals surface area contributed by atoms with Gasteiger partial charge in [0.2, 0.25) is 0 Å². The van der Waals surface area contributed by atoms with Crippen LogP contribution in [0.3, 0.4) is 0 Å². The van der Waals surface area contributed by atoms with Crippen molar-refractivity contribution in [1.29, 1.82) is 0 Å². The monoisotopic (exact) mass is 305 g/mol. The third-order valence-electron chi connectivity index (χ3n) is 3.14. The first-order valence-corrected chi connectivity index (χ1v) is 7.80. The molecule has 0 aliphatic rings. The molecule has 0 aliphatic heterocycles. The zero-order valence-corrected chi connectivity index (χ0v) is 13.0. The minimum atomic E-state index is -0.578. The van der Waals surface area contributed by atoms with Crippen molar-refractivity contribution in [3.8, 4) is 5.75 Å². The van der Waals surface area contributed by atoms with E-state index in [4.69, 9.17) is 10.5 Å². The smallest absolute Gasteiger partial charge is 0.325 e. The van der Waals surface area contributed by atoms with Crippen molar-refractivity contribution in [3.63, 3.8) is 0 Å². The number of para-hydroxylation sites is 2. The Morgan fingerprint density at radius 3 is 2.67 bits per heavy atom. The van der Waals surface area contributed by atoms with E-state index >= 15 is 0 Å². The van der Waals surface area contributed by atoms with Crippen molar-refractivity contribution in [2.75, 3.05) is 4.90 Å². The number of hydrogen-bond donors (Lipinski definition) is 1. The lowest BCUT2D eigenvalue weighted by Crippen LogP contribution is -2.32. The van der Waals surface area contributed by atoms with Gasteiger partial charge in [-0.2, -0.15) is 0 Å². The normalized spacial score (nSPS) is 10.6. The van der Waals surface area contributed by atoms with E-state index in [1.807, 2.05) is 24.3 Å². The van der Waals surface area contributed by atoms with Crippen LogP contribution in [0.4, 0.5) is 15.6 Å². The fourth-order valence-corrected chi connectivity index (χ4v) is 2.68. The van der Waals surface area contributed by atoms with E-state index in [-0.39, 0.29) is 6.10 Å². The van der Waals surface area contributed by atoms with E-state index in [2.05, 4.69) is 18.8 Å². The Bertz CT molecular complexity index is 582. The first-order valence-electron chi connectivity index (χ1n) is 6.92. The van der Waals surface area contributed by atoms with Crippen LogP contribution in [0.2, 0.25) is 0 Å². The standard InChI is InChI=1S/C15H19N3O2S/c1-3-11(4-2)20-13-8-6-5-7-12(13)18(14(16)19)15-17-9-10-21-15/h5-11H,3-4H2,1-2H3,(H2,16,19). The molecule has 21 heavy (non-hydrogen) atoms. The van der Waals surface area contributed by atoms with Gasteiger partial charge in [0.25, 0.3) is 0 Å². The molecule has 2 aromatic rings. The molecule has 112 valence electrons. The number of ether oxygens (including phenoxy) is 1. The average Bonchev–Trinajstić information content (AvgIpc) is 3.00. The van der Waals surface area contributed by atoms with Crippen molar-refractivity contribution in [2.45, 2.75) is 32.8 Å². The van der Waals surface area contributed by atoms with Crippen LogP contribution in [0, 0.1) is 0 Å². The van der Waals surface area contributed by atoms with E-state index in [0.29, 0.717) is 16.6 Å². The van der Waals surface area contributed by atoms with Gasteiger partial charge in [0.05, 0.1) is 11.8 Å². The summed E-state index contributed by atoms with van der Waals surface area (Å²) >= 11 is 1.35. The average molecular weight is 305 g/mol. The summed E-state index contributed by atoms with van der Waals surface area (Å²) in [6.07, 6.45) is 3.55. The molecule has 0 saturated carbocycles. The number of thiazole rings is 1. The first kappa shape index (κ1) is 15.3. The third-order valence-corrected chi connectivity index (χ3v) is 3.90. The molecule has 1 heterocycles. The van der Waals surface area contributed by atoms with Crippen LogP contribution < -0.4 is 15.4 Å². The lowest BCUT2D eigenvalue weighted by Gasteiger charge is -2.23. The second kappa shape index (κ2) is 7.08. The van der Waals surface area contributed by atoms with E-state index in [9.17, 15) is 4.79 Å². The Labute approximate surface area is 128 Å². The third kappa shape index (κ3) is 3.52. The van der Waals surface area contributed by atoms with Crippen molar-refractivity contribution in [3.05, 3.63) is 35.8 Å². The number of hydrogen-bond acceptors (Lipinski definition) is 4. The molecular weight excluding hydrogens is 286 g/mol. The maximum Gasteiger partial charge on any atom is 0.325 e. The molecule has 0 spiro atoms. The molecule has 0 unspecified atom stereocenters. The summed E-state index contributed by atoms with van der Waals surface area (Å²) < 4.78 is 6.00. The van der Waals surface area contributed by atoms with Gasteiger partial charge in [-0.3, -0.25) is 0 Å². The number of amides is 2. The minimum absolute atomic E-state index is 0.108. The Kier molecular flexibility index (Phi) is 5.16. The topological polar surface area (TPSA) is 68.5 Å². The predicted octanol–water partition coefficient (Wildman–Crippen LogP) is 3.93. The molecular formula is C15H19N3O2S. The van der Waals surface area contributed by atoms with E-state index in [1.54, 1.807) is 11.6 Å². The lowest BCUT2D eigenvalue weighted by molar-refractivity contribution is 0.193. The summed E-state index contributed by atoms with van der Waals surface area (Å²) in [5.74, 6) is 0.639. The fraction of sp³-hybridized carbons (Fsp3) is 0.333. The molecule has 5 nitrogen and oxygen atoms in total. The molecule has 2 rings (SSSR count). The molecule has 6 heteroatoms. The van der Waals surface area contributed by atoms with Crippen molar-refractivity contribution in [1.82, 2.24) is 4.98 Å². The molecule has 0 radical (unpaired) electrons. The van der Waals surface area contributed by atoms with Crippen LogP contribution in [0.1, 0.15) is 26.7 Å². The van der Waals surface area contributed by atoms with Crippen molar-refractivity contribution in [2.24, 2.45) is 5.73 Å². The number of aromatic nitrogens is 1. The van der Waals surface area contributed by atoms with E-state index in [1.165, 1.54) is 16.2 Å². The lowest BCUT2D eigenvalue weighted by atomic mass is 10.2. The van der Waals surface area contributed by atoms with Gasteiger partial charge in [0.1, 0.15) is 5.75 Å². The maximum absolute atomic E-state index is 11.8. The number of urea groups is 1. The number of carbonyl (C=O) groups excluding carboxylic acids is 1. The van der Waals surface area contributed by atoms with Gasteiger partial charge in [-0.05, 0) is 25.0 Å². The van der Waals surface area contributed by atoms with Gasteiger partial charge in [-0.1, -0.05) is 26.0 Å². The van der Waals surface area contributed by atoms with Crippen LogP contribution in [0.5, 0.6) is 5.75 Å². The molecule has 2 amide bonds. The number of nitrogens with zero attached hydrogens (tertiary/aromatic N) is 2. The highest BCUT2D eigenvalue weighted by atomic mass is 32.1. The Balaban J connectivity index is 2.39. The highest BCUT2D eigenvalue weighted by molar-refractivity contribution is 7.13. The van der Waals surface area contributed by atoms with Gasteiger partial charge >= 0.3 is 6.03 Å². The number of nitrogens with two attached hydrogens (primary N) is 1. The number of rotatable bonds is 6. The van der Waals surface area contributed by atoms with Gasteiger partial charge in [-0.25, -0.2) is 14.7 Å². The quantitative estimate of drug-likeness (QED) is 0.879. The summed E-state index contributed by atoms with van der Waals surface area (Å²) in [4.78, 5) is 17.4. The van der Waals surface area contributed by atoms with Gasteiger partial charge < -0.3 is 10.5 Å². The fourth-order valence-electron chi connectivity index (χ4n) is 2.02. The minimum Gasteiger partial charge on any atom is -0.488 e. The van der Waals surface area contributed by atoms with Crippen molar-refractivity contribution < 1.29 is 9.53 Å². The maximum atomic E-state index is 11.8. The molecule has 0 bridgehead atoms. The molecule has 1 aromatic carbocycles. The number of anilines is 2. The Hall–Kier alpha value is -2.08. The zero-order valence-electron chi connectivity index (χ0n) is 12.2. The summed E-state index contributed by atoms with van der Waals surface area (Å²) in [5.41, 5.74) is 6.14. The largest absolute Gasteiger partial charge is 0.488 e. The summed E-state index contributed by atoms with van der Waals surface area (Å²) in [5, 5.41) is 2.33. The van der Waals surface area contributed by atoms with Crippen molar-refractivity contribution >= 4 is 28.2 Å². The second-order valence-electron chi connectivity index (χ2n) is 4.51. The molecule has 1 aromatic heterocycles. The molecule has 2 N–H and O–H groups in total. The van der Waals surface area contributed by atoms with E-state index in [0.717, 1.165) is 12.8 Å². The first-order chi connectivity index (χ1) is 10.2. The summed E-state index contributed by atoms with van der Waals surface area (Å²) in [6, 6.07) is 6.80. The number of carbonyl (C=O) groups is 1. The molecule has 0 fully saturated rings. The van der Waals surface area contributed by atoms with Gasteiger partial charge in [-0.15, -0.1) is 11.3 Å². The summed E-state index contributed by atoms with van der Waals surface area (Å²) in [7, 11) is 0. The van der Waals surface area contributed by atoms with E-state index < -0.39 is 6.03 Å². The highest BCUT2D eigenvalue weighted by Crippen LogP contribution is 2.35. The molecule has 0 atom stereocenters. The number of primary amides is 1.